The first-order valence-electron chi connectivity index (χ1n) is 22.2. The molecule has 1 aromatic heterocycles. The molecule has 2 saturated carbocycles. The number of rotatable bonds is 6. The summed E-state index contributed by atoms with van der Waals surface area (Å²) in [5, 5.41) is 14.5. The van der Waals surface area contributed by atoms with E-state index in [0.29, 0.717) is 49.9 Å². The van der Waals surface area contributed by atoms with Crippen LogP contribution in [-0.4, -0.2) is 123 Å². The minimum atomic E-state index is -2.27. The van der Waals surface area contributed by atoms with Gasteiger partial charge in [-0.05, 0) is 86.1 Å². The van der Waals surface area contributed by atoms with Gasteiger partial charge in [0.25, 0.3) is 0 Å². The summed E-state index contributed by atoms with van der Waals surface area (Å²) in [6.07, 6.45) is 10.1. The van der Waals surface area contributed by atoms with E-state index in [1.807, 2.05) is 31.0 Å². The fourth-order valence-electron chi connectivity index (χ4n) is 14.7. The highest BCUT2D eigenvalue weighted by Gasteiger charge is 2.80. The van der Waals surface area contributed by atoms with Gasteiger partial charge in [0.05, 0.1) is 27.4 Å². The van der Waals surface area contributed by atoms with Crippen molar-refractivity contribution in [2.75, 3.05) is 66.0 Å². The molecule has 4 fully saturated rings. The van der Waals surface area contributed by atoms with Gasteiger partial charge in [-0.25, -0.2) is 4.79 Å². The van der Waals surface area contributed by atoms with Crippen LogP contribution in [0.15, 0.2) is 48.6 Å². The van der Waals surface area contributed by atoms with E-state index in [2.05, 4.69) is 51.2 Å². The molecule has 12 heteroatoms. The summed E-state index contributed by atoms with van der Waals surface area (Å²) in [4.78, 5) is 53.9. The fraction of sp³-hybridized carbons (Fsp3) is 0.604. The number of nitrogens with zero attached hydrogens (tertiary/aromatic N) is 3. The van der Waals surface area contributed by atoms with Gasteiger partial charge in [0.2, 0.25) is 5.60 Å². The molecule has 2 bridgehead atoms. The van der Waals surface area contributed by atoms with Crippen LogP contribution in [0.3, 0.4) is 0 Å². The molecule has 2 N–H and O–H groups in total. The Morgan fingerprint density at radius 2 is 1.72 bits per heavy atom. The zero-order chi connectivity index (χ0) is 41.9. The minimum absolute atomic E-state index is 0.217. The van der Waals surface area contributed by atoms with Crippen molar-refractivity contribution in [3.05, 3.63) is 70.9 Å². The summed E-state index contributed by atoms with van der Waals surface area (Å²) in [5.41, 5.74) is 0.0512. The van der Waals surface area contributed by atoms with Gasteiger partial charge in [0.1, 0.15) is 11.2 Å². The van der Waals surface area contributed by atoms with Gasteiger partial charge >= 0.3 is 17.9 Å². The highest BCUT2D eigenvalue weighted by atomic mass is 16.6. The number of hydrogen-bond acceptors (Lipinski definition) is 11. The number of aromatic nitrogens is 1. The van der Waals surface area contributed by atoms with Crippen LogP contribution in [0.4, 0.5) is 5.69 Å². The maximum Gasteiger partial charge on any atom is 0.344 e. The van der Waals surface area contributed by atoms with Gasteiger partial charge in [-0.1, -0.05) is 50.1 Å². The van der Waals surface area contributed by atoms with Crippen LogP contribution in [0.2, 0.25) is 0 Å². The van der Waals surface area contributed by atoms with Crippen LogP contribution in [0.25, 0.3) is 10.9 Å². The topological polar surface area (TPSA) is 134 Å². The first kappa shape index (κ1) is 39.7. The third-order valence-corrected chi connectivity index (χ3v) is 16.8. The fourth-order valence-corrected chi connectivity index (χ4v) is 14.7. The van der Waals surface area contributed by atoms with Crippen LogP contribution < -0.4 is 9.64 Å². The molecule has 5 aliphatic heterocycles. The average Bonchev–Trinajstić information content (AvgIpc) is 3.92. The Hall–Kier alpha value is -4.39. The molecule has 10 rings (SSSR count). The molecule has 320 valence electrons. The second-order valence-corrected chi connectivity index (χ2v) is 19.0. The predicted molar refractivity (Wildman–Crippen MR) is 226 cm³/mol. The van der Waals surface area contributed by atoms with E-state index >= 15 is 4.79 Å². The van der Waals surface area contributed by atoms with E-state index in [1.54, 1.807) is 7.11 Å². The largest absolute Gasteiger partial charge is 0.496 e. The molecule has 2 aromatic carbocycles. The van der Waals surface area contributed by atoms with E-state index in [9.17, 15) is 14.7 Å². The number of H-pyrrole nitrogens is 1. The Balaban J connectivity index is 1.28. The number of nitrogens with one attached hydrogen (secondary N) is 1. The minimum Gasteiger partial charge on any atom is -0.496 e. The monoisotopic (exact) mass is 820 g/mol. The summed E-state index contributed by atoms with van der Waals surface area (Å²) >= 11 is 0. The van der Waals surface area contributed by atoms with E-state index in [0.717, 1.165) is 71.5 Å². The van der Waals surface area contributed by atoms with E-state index in [1.165, 1.54) is 40.4 Å². The van der Waals surface area contributed by atoms with E-state index < -0.39 is 45.9 Å². The molecular formula is C48H60N4O8. The molecule has 1 spiro atoms. The summed E-state index contributed by atoms with van der Waals surface area (Å²) in [6, 6.07) is 11.4. The Morgan fingerprint density at radius 1 is 0.950 bits per heavy atom. The molecule has 6 heterocycles. The van der Waals surface area contributed by atoms with Gasteiger partial charge in [-0.3, -0.25) is 14.5 Å². The Bertz CT molecular complexity index is 2290. The van der Waals surface area contributed by atoms with Crippen LogP contribution in [-0.2, 0) is 45.8 Å². The van der Waals surface area contributed by atoms with E-state index in [4.69, 9.17) is 18.9 Å². The third-order valence-electron chi connectivity index (χ3n) is 16.8. The molecule has 0 amide bonds. The Kier molecular flexibility index (Phi) is 9.32. The number of carbonyl (C=O) groups excluding carboxylic acids is 3. The van der Waals surface area contributed by atoms with Crippen molar-refractivity contribution in [1.29, 1.82) is 0 Å². The lowest BCUT2D eigenvalue weighted by Gasteiger charge is -2.63. The lowest BCUT2D eigenvalue weighted by molar-refractivity contribution is -0.228. The van der Waals surface area contributed by atoms with Crippen LogP contribution in [0.1, 0.15) is 81.2 Å². The number of likely N-dealkylation sites (N-methyl/N-ethyl adjacent to an activating group) is 1. The van der Waals surface area contributed by atoms with Gasteiger partial charge in [0, 0.05) is 90.9 Å². The number of anilines is 1. The van der Waals surface area contributed by atoms with Crippen LogP contribution in [0.5, 0.6) is 5.75 Å². The number of carbonyl (C=O) groups is 3. The zero-order valence-corrected chi connectivity index (χ0v) is 35.9. The summed E-state index contributed by atoms with van der Waals surface area (Å²) in [7, 11) is 6.34. The van der Waals surface area contributed by atoms with Crippen molar-refractivity contribution in [2.24, 2.45) is 23.2 Å². The standard InChI is InChI=1S/C48H60N4O8/c1-7-45-18-12-20-52-22-19-46(40(45)52)34-23-35(38(57-4)24-37(34)50(3)41(46)48(56,44(55)59-6)42(45)60-28(2)53)47(43(54)58-5)25-30-27-51(26-29-13-8-9-14-31(29)30)21-17-33-32-15-10-11-16-36(32)49-39(33)47/h10-12,15-16,18,23-24,29-31,40-42,49,56H,7-9,13-14,17,19-22,25-27H2,1-6H3/t29-,30-,31-,40-,41?,42+,45+,46+,47-,48+/m0/s1. The first-order valence-corrected chi connectivity index (χ1v) is 22.2. The average molecular weight is 821 g/mol. The second-order valence-electron chi connectivity index (χ2n) is 19.0. The van der Waals surface area contributed by atoms with Crippen molar-refractivity contribution in [1.82, 2.24) is 14.8 Å². The molecule has 2 unspecified atom stereocenters. The van der Waals surface area contributed by atoms with Crippen molar-refractivity contribution in [2.45, 2.75) is 99.8 Å². The molecule has 11 atom stereocenters. The number of piperidine rings is 1. The highest BCUT2D eigenvalue weighted by molar-refractivity contribution is 5.95. The number of esters is 3. The number of aromatic amines is 1. The molecule has 2 aliphatic carbocycles. The zero-order valence-electron chi connectivity index (χ0n) is 35.9. The van der Waals surface area contributed by atoms with Crippen molar-refractivity contribution >= 4 is 34.5 Å². The number of para-hydroxylation sites is 1. The van der Waals surface area contributed by atoms with Gasteiger partial charge in [0.15, 0.2) is 6.10 Å². The predicted octanol–water partition coefficient (Wildman–Crippen LogP) is 5.27. The summed E-state index contributed by atoms with van der Waals surface area (Å²) in [5.74, 6) is 0.0532. The molecular weight excluding hydrogens is 761 g/mol. The van der Waals surface area contributed by atoms with Gasteiger partial charge in [-0.15, -0.1) is 0 Å². The van der Waals surface area contributed by atoms with Crippen molar-refractivity contribution in [3.63, 3.8) is 0 Å². The van der Waals surface area contributed by atoms with Gasteiger partial charge in [-0.2, -0.15) is 0 Å². The number of ether oxygens (including phenoxy) is 4. The number of benzene rings is 2. The SMILES string of the molecule is CC[C@]12C=CCN3CC[C@@]4(c5cc([C@@]6(C(=O)OC)C[C@H]7CN(CCc8c6[nH]c6ccccc86)C[C@@H]6CCCC[C@H]76)c(OC)cc5N(C)C4[C@](O)(C(=O)OC)[C@@H]1OC(C)=O)[C@@H]32. The number of methoxy groups -OCH3 is 3. The van der Waals surface area contributed by atoms with E-state index in [-0.39, 0.29) is 17.9 Å². The third kappa shape index (κ3) is 5.04. The molecule has 0 radical (unpaired) electrons. The summed E-state index contributed by atoms with van der Waals surface area (Å²) in [6.45, 7) is 7.65. The maximum atomic E-state index is 15.5. The van der Waals surface area contributed by atoms with Gasteiger partial charge < -0.3 is 38.8 Å². The quantitative estimate of drug-likeness (QED) is 0.192. The second kappa shape index (κ2) is 14.1. The molecule has 60 heavy (non-hydrogen) atoms. The lowest BCUT2D eigenvalue weighted by Crippen LogP contribution is -2.81. The number of fused-ring (bicyclic) bond motifs is 8. The van der Waals surface area contributed by atoms with Crippen molar-refractivity contribution < 1.29 is 38.4 Å². The summed E-state index contributed by atoms with van der Waals surface area (Å²) < 4.78 is 24.2. The molecule has 7 aliphatic rings. The lowest BCUT2D eigenvalue weighted by atomic mass is 9.47. The Morgan fingerprint density at radius 3 is 2.47 bits per heavy atom. The Labute approximate surface area is 352 Å². The molecule has 2 saturated heterocycles. The number of hydrogen-bond donors (Lipinski definition) is 2. The first-order chi connectivity index (χ1) is 28.9. The smallest absolute Gasteiger partial charge is 0.344 e. The van der Waals surface area contributed by atoms with Crippen LogP contribution in [0, 0.1) is 23.2 Å². The molecule has 12 nitrogen and oxygen atoms in total. The van der Waals surface area contributed by atoms with Crippen LogP contribution >= 0.6 is 0 Å². The normalized spacial score (nSPS) is 37.6. The highest BCUT2D eigenvalue weighted by Crippen LogP contribution is 2.68. The van der Waals surface area contributed by atoms with Crippen molar-refractivity contribution in [3.8, 4) is 5.75 Å². The maximum absolute atomic E-state index is 15.5. The number of aliphatic hydroxyl groups is 1. The molecule has 3 aromatic rings.